The summed E-state index contributed by atoms with van der Waals surface area (Å²) in [5, 5.41) is 8.97. The lowest BCUT2D eigenvalue weighted by Gasteiger charge is -2.20. The Balaban J connectivity index is 1.80. The number of fused-ring (bicyclic) bond motifs is 1. The van der Waals surface area contributed by atoms with Gasteiger partial charge in [-0.15, -0.1) is 23.5 Å². The molecule has 0 aliphatic carbocycles. The van der Waals surface area contributed by atoms with Crippen molar-refractivity contribution >= 4 is 29.2 Å². The standard InChI is InChI=1S/C20H18N3OS2/c21-12-15-5-7-16(8-6-15)13-22-14-17(20-25-10-3-11-26-20)19(24)23-9-2-1-4-18(22)23/h1-2,4-9,14,20H,3,10-11,13H2/q+1. The normalized spacial score (nSPS) is 15.0. The number of nitrogens with zero attached hydrogens (tertiary/aromatic N) is 3. The number of aromatic nitrogens is 2. The van der Waals surface area contributed by atoms with E-state index in [-0.39, 0.29) is 10.1 Å². The first-order chi connectivity index (χ1) is 12.8. The van der Waals surface area contributed by atoms with Crippen LogP contribution in [0.2, 0.25) is 0 Å². The van der Waals surface area contributed by atoms with Crippen LogP contribution in [-0.2, 0) is 6.54 Å². The lowest BCUT2D eigenvalue weighted by Crippen LogP contribution is -2.41. The summed E-state index contributed by atoms with van der Waals surface area (Å²) in [4.78, 5) is 13.0. The molecule has 1 aliphatic heterocycles. The minimum atomic E-state index is 0.0728. The number of thioether (sulfide) groups is 2. The van der Waals surface area contributed by atoms with Crippen LogP contribution < -0.4 is 10.1 Å². The van der Waals surface area contributed by atoms with Crippen molar-refractivity contribution in [3.05, 3.63) is 81.9 Å². The van der Waals surface area contributed by atoms with E-state index < -0.39 is 0 Å². The average molecular weight is 381 g/mol. The molecule has 1 aromatic carbocycles. The quantitative estimate of drug-likeness (QED) is 0.654. The van der Waals surface area contributed by atoms with Crippen LogP contribution in [0.5, 0.6) is 0 Å². The second kappa shape index (κ2) is 7.56. The Kier molecular flexibility index (Phi) is 5.00. The molecule has 26 heavy (non-hydrogen) atoms. The molecule has 0 radical (unpaired) electrons. The fraction of sp³-hybridized carbons (Fsp3) is 0.250. The third kappa shape index (κ3) is 3.37. The predicted molar refractivity (Wildman–Crippen MR) is 106 cm³/mol. The van der Waals surface area contributed by atoms with Gasteiger partial charge < -0.3 is 0 Å². The Labute approximate surface area is 160 Å². The molecule has 4 rings (SSSR count). The van der Waals surface area contributed by atoms with E-state index in [4.69, 9.17) is 5.26 Å². The van der Waals surface area contributed by atoms with E-state index in [0.29, 0.717) is 12.1 Å². The third-order valence-electron chi connectivity index (χ3n) is 4.41. The third-order valence-corrected chi connectivity index (χ3v) is 7.39. The summed E-state index contributed by atoms with van der Waals surface area (Å²) < 4.78 is 4.07. The maximum Gasteiger partial charge on any atom is 0.347 e. The Morgan fingerprint density at radius 2 is 1.92 bits per heavy atom. The van der Waals surface area contributed by atoms with Crippen LogP contribution >= 0.6 is 23.5 Å². The molecule has 0 unspecified atom stereocenters. The largest absolute Gasteiger partial charge is 0.347 e. The van der Waals surface area contributed by atoms with Gasteiger partial charge in [0.05, 0.1) is 22.4 Å². The molecule has 0 spiro atoms. The average Bonchev–Trinajstić information content (AvgIpc) is 2.71. The van der Waals surface area contributed by atoms with Gasteiger partial charge >= 0.3 is 5.56 Å². The Morgan fingerprint density at radius 3 is 2.65 bits per heavy atom. The molecule has 6 heteroatoms. The van der Waals surface area contributed by atoms with Gasteiger partial charge in [0.2, 0.25) is 0 Å². The molecule has 130 valence electrons. The molecule has 4 nitrogen and oxygen atoms in total. The number of nitriles is 1. The maximum absolute atomic E-state index is 13.0. The van der Waals surface area contributed by atoms with E-state index in [9.17, 15) is 4.79 Å². The molecule has 2 aromatic heterocycles. The van der Waals surface area contributed by atoms with Gasteiger partial charge in [-0.2, -0.15) is 9.66 Å². The molecule has 3 aromatic rings. The summed E-state index contributed by atoms with van der Waals surface area (Å²) in [5.74, 6) is 2.20. The Morgan fingerprint density at radius 1 is 1.15 bits per heavy atom. The van der Waals surface area contributed by atoms with Crippen molar-refractivity contribution in [2.45, 2.75) is 17.5 Å². The van der Waals surface area contributed by atoms with E-state index >= 15 is 0 Å². The predicted octanol–water partition coefficient (Wildman–Crippen LogP) is 3.38. The van der Waals surface area contributed by atoms with Crippen LogP contribution in [-0.4, -0.2) is 15.9 Å². The Hall–Kier alpha value is -2.23. The summed E-state index contributed by atoms with van der Waals surface area (Å²) in [6.45, 7) is 0.661. The molecule has 0 saturated carbocycles. The molecule has 0 N–H and O–H groups in total. The van der Waals surface area contributed by atoms with Crippen molar-refractivity contribution in [3.8, 4) is 6.07 Å². The number of rotatable bonds is 3. The zero-order chi connectivity index (χ0) is 17.9. The molecule has 1 aliphatic rings. The number of hydrogen-bond acceptors (Lipinski definition) is 4. The van der Waals surface area contributed by atoms with Crippen LogP contribution in [0.3, 0.4) is 0 Å². The first kappa shape index (κ1) is 17.2. The van der Waals surface area contributed by atoms with Crippen molar-refractivity contribution in [1.82, 2.24) is 4.40 Å². The number of pyridine rings is 1. The summed E-state index contributed by atoms with van der Waals surface area (Å²) in [6.07, 6.45) is 5.06. The van der Waals surface area contributed by atoms with Gasteiger partial charge in [0.1, 0.15) is 18.3 Å². The van der Waals surface area contributed by atoms with Crippen molar-refractivity contribution in [2.75, 3.05) is 11.5 Å². The maximum atomic E-state index is 13.0. The summed E-state index contributed by atoms with van der Waals surface area (Å²) in [6, 6.07) is 15.6. The van der Waals surface area contributed by atoms with Crippen LogP contribution in [0.4, 0.5) is 0 Å². The summed E-state index contributed by atoms with van der Waals surface area (Å²) in [5.41, 5.74) is 3.56. The first-order valence-corrected chi connectivity index (χ1v) is 10.6. The molecular weight excluding hydrogens is 362 g/mol. The van der Waals surface area contributed by atoms with Gasteiger partial charge in [0, 0.05) is 6.07 Å². The molecule has 1 saturated heterocycles. The van der Waals surface area contributed by atoms with E-state index in [1.54, 1.807) is 4.40 Å². The van der Waals surface area contributed by atoms with Crippen molar-refractivity contribution in [1.29, 1.82) is 5.26 Å². The monoisotopic (exact) mass is 380 g/mol. The molecule has 3 heterocycles. The van der Waals surface area contributed by atoms with E-state index in [2.05, 4.69) is 10.6 Å². The SMILES string of the molecule is N#Cc1ccc(C[n+]2cc(C3SCCCS3)c(=O)n3ccccc32)cc1. The second-order valence-corrected chi connectivity index (χ2v) is 8.91. The van der Waals surface area contributed by atoms with E-state index in [1.165, 1.54) is 6.42 Å². The van der Waals surface area contributed by atoms with Gasteiger partial charge in [-0.05, 0) is 41.7 Å². The zero-order valence-corrected chi connectivity index (χ0v) is 15.8. The van der Waals surface area contributed by atoms with Crippen molar-refractivity contribution in [3.63, 3.8) is 0 Å². The van der Waals surface area contributed by atoms with Gasteiger partial charge in [0.25, 0.3) is 5.65 Å². The Bertz CT molecular complexity index is 1030. The van der Waals surface area contributed by atoms with Crippen molar-refractivity contribution < 1.29 is 4.57 Å². The smallest absolute Gasteiger partial charge is 0.240 e. The lowest BCUT2D eigenvalue weighted by molar-refractivity contribution is -0.666. The van der Waals surface area contributed by atoms with Gasteiger partial charge in [-0.25, -0.2) is 9.36 Å². The van der Waals surface area contributed by atoms with Crippen LogP contribution in [0.15, 0.2) is 59.7 Å². The molecule has 0 bridgehead atoms. The molecule has 1 fully saturated rings. The van der Waals surface area contributed by atoms with Crippen LogP contribution in [0.1, 0.15) is 27.7 Å². The van der Waals surface area contributed by atoms with Gasteiger partial charge in [-0.3, -0.25) is 0 Å². The molecule has 0 amide bonds. The fourth-order valence-corrected chi connectivity index (χ4v) is 5.98. The number of benzene rings is 1. The first-order valence-electron chi connectivity index (χ1n) is 8.52. The lowest BCUT2D eigenvalue weighted by atomic mass is 10.1. The zero-order valence-electron chi connectivity index (χ0n) is 14.2. The number of hydrogen-bond donors (Lipinski definition) is 0. The highest BCUT2D eigenvalue weighted by atomic mass is 32.2. The molecular formula is C20H18N3OS2+. The minimum absolute atomic E-state index is 0.0728. The fourth-order valence-electron chi connectivity index (χ4n) is 3.11. The van der Waals surface area contributed by atoms with Crippen LogP contribution in [0.25, 0.3) is 5.65 Å². The van der Waals surface area contributed by atoms with Gasteiger partial charge in [0.15, 0.2) is 0 Å². The highest BCUT2D eigenvalue weighted by Gasteiger charge is 2.25. The van der Waals surface area contributed by atoms with Crippen LogP contribution in [0, 0.1) is 11.3 Å². The highest BCUT2D eigenvalue weighted by Crippen LogP contribution is 2.42. The highest BCUT2D eigenvalue weighted by molar-refractivity contribution is 8.16. The molecule has 0 atom stereocenters. The summed E-state index contributed by atoms with van der Waals surface area (Å²) >= 11 is 3.72. The summed E-state index contributed by atoms with van der Waals surface area (Å²) in [7, 11) is 0. The topological polar surface area (TPSA) is 49.1 Å². The second-order valence-electron chi connectivity index (χ2n) is 6.18. The minimum Gasteiger partial charge on any atom is -0.240 e. The van der Waals surface area contributed by atoms with E-state index in [1.807, 2.05) is 78.4 Å². The van der Waals surface area contributed by atoms with Crippen molar-refractivity contribution in [2.24, 2.45) is 0 Å². The van der Waals surface area contributed by atoms with Gasteiger partial charge in [-0.1, -0.05) is 18.2 Å². The van der Waals surface area contributed by atoms with E-state index in [0.717, 1.165) is 28.3 Å².